The van der Waals surface area contributed by atoms with Gasteiger partial charge in [0.2, 0.25) is 0 Å². The molecular formula is C21H30N2O3. The fraction of sp³-hybridized carbons (Fsp3) is 0.619. The Hall–Kier alpha value is -1.88. The Morgan fingerprint density at radius 3 is 2.15 bits per heavy atom. The lowest BCUT2D eigenvalue weighted by Crippen LogP contribution is -2.42. The van der Waals surface area contributed by atoms with Gasteiger partial charge in [-0.25, -0.2) is 0 Å². The van der Waals surface area contributed by atoms with Gasteiger partial charge >= 0.3 is 0 Å². The molecule has 2 amide bonds. The van der Waals surface area contributed by atoms with Crippen molar-refractivity contribution in [2.24, 2.45) is 0 Å². The van der Waals surface area contributed by atoms with Gasteiger partial charge in [-0.2, -0.15) is 0 Å². The van der Waals surface area contributed by atoms with Crippen LogP contribution in [-0.4, -0.2) is 60.5 Å². The standard InChI is InChI=1S/C21H30N2O3/c1-14-13-15(2)17(4)19(16(14)3)21(25)23-9-6-8-22(10-11-23)20(24)18-7-5-12-26-18/h13,18H,5-12H2,1-4H3. The van der Waals surface area contributed by atoms with Gasteiger partial charge in [-0.3, -0.25) is 9.59 Å². The molecule has 2 aliphatic rings. The maximum Gasteiger partial charge on any atom is 0.254 e. The molecule has 26 heavy (non-hydrogen) atoms. The average molecular weight is 358 g/mol. The number of hydrogen-bond acceptors (Lipinski definition) is 3. The summed E-state index contributed by atoms with van der Waals surface area (Å²) in [6.07, 6.45) is 2.31. The largest absolute Gasteiger partial charge is 0.368 e. The third kappa shape index (κ3) is 3.63. The van der Waals surface area contributed by atoms with Crippen molar-refractivity contribution in [2.45, 2.75) is 53.1 Å². The van der Waals surface area contributed by atoms with Crippen molar-refractivity contribution in [1.82, 2.24) is 9.80 Å². The van der Waals surface area contributed by atoms with E-state index < -0.39 is 0 Å². The van der Waals surface area contributed by atoms with Gasteiger partial charge in [0.15, 0.2) is 0 Å². The van der Waals surface area contributed by atoms with Gasteiger partial charge in [-0.1, -0.05) is 6.07 Å². The molecule has 0 saturated carbocycles. The second-order valence-electron chi connectivity index (χ2n) is 7.61. The number of benzene rings is 1. The van der Waals surface area contributed by atoms with Crippen LogP contribution in [0.5, 0.6) is 0 Å². The van der Waals surface area contributed by atoms with E-state index in [0.717, 1.165) is 47.1 Å². The normalized spacial score (nSPS) is 21.0. The molecule has 1 aromatic carbocycles. The van der Waals surface area contributed by atoms with E-state index >= 15 is 0 Å². The highest BCUT2D eigenvalue weighted by Crippen LogP contribution is 2.24. The van der Waals surface area contributed by atoms with Crippen molar-refractivity contribution in [1.29, 1.82) is 0 Å². The minimum atomic E-state index is -0.277. The molecule has 2 saturated heterocycles. The number of hydrogen-bond donors (Lipinski definition) is 0. The first-order valence-corrected chi connectivity index (χ1v) is 9.67. The van der Waals surface area contributed by atoms with Gasteiger partial charge < -0.3 is 14.5 Å². The van der Waals surface area contributed by atoms with Gasteiger partial charge in [0.25, 0.3) is 11.8 Å². The zero-order valence-electron chi connectivity index (χ0n) is 16.4. The minimum Gasteiger partial charge on any atom is -0.368 e. The number of rotatable bonds is 2. The summed E-state index contributed by atoms with van der Waals surface area (Å²) in [5.41, 5.74) is 5.27. The fourth-order valence-corrected chi connectivity index (χ4v) is 4.01. The molecule has 1 aromatic rings. The fourth-order valence-electron chi connectivity index (χ4n) is 4.01. The van der Waals surface area contributed by atoms with Crippen molar-refractivity contribution in [3.63, 3.8) is 0 Å². The second kappa shape index (κ2) is 7.78. The van der Waals surface area contributed by atoms with Gasteiger partial charge in [0.1, 0.15) is 6.10 Å². The van der Waals surface area contributed by atoms with Crippen LogP contribution < -0.4 is 0 Å². The first kappa shape index (κ1) is 18.9. The molecular weight excluding hydrogens is 328 g/mol. The lowest BCUT2D eigenvalue weighted by atomic mass is 9.93. The molecule has 3 rings (SSSR count). The highest BCUT2D eigenvalue weighted by Gasteiger charge is 2.30. The van der Waals surface area contributed by atoms with E-state index in [4.69, 9.17) is 4.74 Å². The lowest BCUT2D eigenvalue weighted by molar-refractivity contribution is -0.140. The maximum absolute atomic E-state index is 13.2. The third-order valence-corrected chi connectivity index (χ3v) is 5.88. The molecule has 142 valence electrons. The predicted molar refractivity (Wildman–Crippen MR) is 101 cm³/mol. The molecule has 2 aliphatic heterocycles. The van der Waals surface area contributed by atoms with Crippen LogP contribution in [0.2, 0.25) is 0 Å². The van der Waals surface area contributed by atoms with Crippen LogP contribution >= 0.6 is 0 Å². The molecule has 0 radical (unpaired) electrons. The van der Waals surface area contributed by atoms with Crippen molar-refractivity contribution in [3.8, 4) is 0 Å². The van der Waals surface area contributed by atoms with E-state index in [1.165, 1.54) is 0 Å². The van der Waals surface area contributed by atoms with Crippen LogP contribution in [0.1, 0.15) is 51.9 Å². The summed E-state index contributed by atoms with van der Waals surface area (Å²) in [7, 11) is 0. The molecule has 0 N–H and O–H groups in total. The molecule has 0 aromatic heterocycles. The molecule has 1 unspecified atom stereocenters. The molecule has 5 nitrogen and oxygen atoms in total. The Kier molecular flexibility index (Phi) is 5.66. The van der Waals surface area contributed by atoms with Crippen molar-refractivity contribution < 1.29 is 14.3 Å². The Balaban J connectivity index is 1.73. The Morgan fingerprint density at radius 2 is 1.54 bits per heavy atom. The van der Waals surface area contributed by atoms with Gasteiger partial charge in [-0.05, 0) is 69.2 Å². The van der Waals surface area contributed by atoms with Crippen LogP contribution in [0.4, 0.5) is 0 Å². The van der Waals surface area contributed by atoms with Crippen LogP contribution in [0.15, 0.2) is 6.07 Å². The summed E-state index contributed by atoms with van der Waals surface area (Å²) < 4.78 is 5.54. The van der Waals surface area contributed by atoms with Crippen LogP contribution in [-0.2, 0) is 9.53 Å². The van der Waals surface area contributed by atoms with Crippen LogP contribution in [0.3, 0.4) is 0 Å². The maximum atomic E-state index is 13.2. The van der Waals surface area contributed by atoms with Crippen molar-refractivity contribution in [3.05, 3.63) is 33.9 Å². The number of amides is 2. The smallest absolute Gasteiger partial charge is 0.254 e. The highest BCUT2D eigenvalue weighted by molar-refractivity contribution is 5.98. The quantitative estimate of drug-likeness (QED) is 0.817. The van der Waals surface area contributed by atoms with Crippen LogP contribution in [0, 0.1) is 27.7 Å². The summed E-state index contributed by atoms with van der Waals surface area (Å²) in [5.74, 6) is 0.189. The zero-order valence-corrected chi connectivity index (χ0v) is 16.4. The van der Waals surface area contributed by atoms with Crippen LogP contribution in [0.25, 0.3) is 0 Å². The first-order chi connectivity index (χ1) is 12.4. The predicted octanol–water partition coefficient (Wildman–Crippen LogP) is 2.77. The number of ether oxygens (including phenoxy) is 1. The van der Waals surface area contributed by atoms with E-state index in [2.05, 4.69) is 19.9 Å². The first-order valence-electron chi connectivity index (χ1n) is 9.67. The van der Waals surface area contributed by atoms with Crippen molar-refractivity contribution in [2.75, 3.05) is 32.8 Å². The number of nitrogens with zero attached hydrogens (tertiary/aromatic N) is 2. The molecule has 5 heteroatoms. The van der Waals surface area contributed by atoms with Gasteiger partial charge in [-0.15, -0.1) is 0 Å². The zero-order chi connectivity index (χ0) is 18.8. The van der Waals surface area contributed by atoms with E-state index in [1.54, 1.807) is 0 Å². The summed E-state index contributed by atoms with van der Waals surface area (Å²) in [4.78, 5) is 29.6. The molecule has 0 spiro atoms. The van der Waals surface area contributed by atoms with Crippen molar-refractivity contribution >= 4 is 11.8 Å². The SMILES string of the molecule is Cc1cc(C)c(C)c(C(=O)N2CCCN(C(=O)C3CCCO3)CC2)c1C. The minimum absolute atomic E-state index is 0.0931. The number of carbonyl (C=O) groups is 2. The topological polar surface area (TPSA) is 49.9 Å². The van der Waals surface area contributed by atoms with E-state index in [0.29, 0.717) is 32.8 Å². The van der Waals surface area contributed by atoms with E-state index in [9.17, 15) is 9.59 Å². The summed E-state index contributed by atoms with van der Waals surface area (Å²) in [6.45, 7) is 11.4. The second-order valence-corrected chi connectivity index (χ2v) is 7.61. The molecule has 2 fully saturated rings. The summed E-state index contributed by atoms with van der Waals surface area (Å²) in [6, 6.07) is 2.14. The Morgan fingerprint density at radius 1 is 0.923 bits per heavy atom. The molecule has 1 atom stereocenters. The molecule has 2 heterocycles. The number of carbonyl (C=O) groups excluding carboxylic acids is 2. The Bertz CT molecular complexity index is 681. The average Bonchev–Trinajstić information content (AvgIpc) is 3.04. The van der Waals surface area contributed by atoms with Gasteiger partial charge in [0.05, 0.1) is 0 Å². The lowest BCUT2D eigenvalue weighted by Gasteiger charge is -2.25. The van der Waals surface area contributed by atoms with Gasteiger partial charge in [0, 0.05) is 38.3 Å². The molecule has 0 bridgehead atoms. The Labute approximate surface area is 156 Å². The summed E-state index contributed by atoms with van der Waals surface area (Å²) in [5, 5.41) is 0. The third-order valence-electron chi connectivity index (χ3n) is 5.88. The highest BCUT2D eigenvalue weighted by atomic mass is 16.5. The van der Waals surface area contributed by atoms with E-state index in [1.807, 2.05) is 23.6 Å². The monoisotopic (exact) mass is 358 g/mol. The number of aryl methyl sites for hydroxylation is 2. The summed E-state index contributed by atoms with van der Waals surface area (Å²) >= 11 is 0. The molecule has 0 aliphatic carbocycles. The van der Waals surface area contributed by atoms with E-state index in [-0.39, 0.29) is 17.9 Å².